The van der Waals surface area contributed by atoms with Gasteiger partial charge in [-0.25, -0.2) is 0 Å². The molecule has 0 aliphatic rings. The van der Waals surface area contributed by atoms with Gasteiger partial charge in [0.25, 0.3) is 0 Å². The summed E-state index contributed by atoms with van der Waals surface area (Å²) in [6, 6.07) is 7.62. The molecule has 0 bridgehead atoms. The van der Waals surface area contributed by atoms with Gasteiger partial charge in [0.1, 0.15) is 11.5 Å². The highest BCUT2D eigenvalue weighted by Gasteiger charge is 2.04. The zero-order valence-electron chi connectivity index (χ0n) is 10.7. The molecule has 0 saturated heterocycles. The van der Waals surface area contributed by atoms with Gasteiger partial charge in [-0.2, -0.15) is 5.06 Å². The Bertz CT molecular complexity index is 311. The Morgan fingerprint density at radius 3 is 2.29 bits per heavy atom. The highest BCUT2D eigenvalue weighted by atomic mass is 16.5. The molecule has 4 nitrogen and oxygen atoms in total. The Morgan fingerprint density at radius 1 is 1.18 bits per heavy atom. The molecular weight excluding hydrogens is 218 g/mol. The van der Waals surface area contributed by atoms with Crippen LogP contribution in [0.25, 0.3) is 0 Å². The molecule has 0 aliphatic heterocycles. The Hall–Kier alpha value is -1.26. The summed E-state index contributed by atoms with van der Waals surface area (Å²) in [5.41, 5.74) is 0. The summed E-state index contributed by atoms with van der Waals surface area (Å²) >= 11 is 0. The van der Waals surface area contributed by atoms with Gasteiger partial charge < -0.3 is 14.7 Å². The molecule has 1 aromatic rings. The highest BCUT2D eigenvalue weighted by Crippen LogP contribution is 2.17. The molecule has 0 amide bonds. The average Bonchev–Trinajstić information content (AvgIpc) is 2.35. The van der Waals surface area contributed by atoms with Crippen molar-refractivity contribution in [3.63, 3.8) is 0 Å². The first kappa shape index (κ1) is 13.8. The van der Waals surface area contributed by atoms with Crippen molar-refractivity contribution in [3.05, 3.63) is 24.3 Å². The molecule has 0 radical (unpaired) electrons. The molecule has 0 spiro atoms. The van der Waals surface area contributed by atoms with Crippen LogP contribution in [0.2, 0.25) is 0 Å². The van der Waals surface area contributed by atoms with Crippen molar-refractivity contribution >= 4 is 0 Å². The molecule has 0 heterocycles. The summed E-state index contributed by atoms with van der Waals surface area (Å²) in [5.74, 6) is 1.64. The molecule has 0 aliphatic carbocycles. The van der Waals surface area contributed by atoms with Gasteiger partial charge >= 0.3 is 0 Å². The largest absolute Gasteiger partial charge is 0.497 e. The minimum atomic E-state index is 0.149. The molecule has 4 heteroatoms. The Kier molecular flexibility index (Phi) is 5.80. The van der Waals surface area contributed by atoms with Crippen LogP contribution < -0.4 is 9.47 Å². The zero-order valence-corrected chi connectivity index (χ0v) is 10.7. The van der Waals surface area contributed by atoms with Crippen LogP contribution in [0.4, 0.5) is 0 Å². The minimum absolute atomic E-state index is 0.149. The average molecular weight is 239 g/mol. The summed E-state index contributed by atoms with van der Waals surface area (Å²) in [5, 5.41) is 10.8. The van der Waals surface area contributed by atoms with Crippen LogP contribution in [0.3, 0.4) is 0 Å². The molecular formula is C13H21NO3. The molecule has 96 valence electrons. The monoisotopic (exact) mass is 239 g/mol. The zero-order chi connectivity index (χ0) is 12.7. The molecule has 0 atom stereocenters. The van der Waals surface area contributed by atoms with E-state index >= 15 is 0 Å². The normalized spacial score (nSPS) is 10.9. The van der Waals surface area contributed by atoms with Crippen LogP contribution >= 0.6 is 0 Å². The summed E-state index contributed by atoms with van der Waals surface area (Å²) in [6.45, 7) is 5.11. The minimum Gasteiger partial charge on any atom is -0.497 e. The second-order valence-corrected chi connectivity index (χ2v) is 4.13. The Morgan fingerprint density at radius 2 is 1.76 bits per heavy atom. The highest BCUT2D eigenvalue weighted by molar-refractivity contribution is 5.31. The van der Waals surface area contributed by atoms with Crippen molar-refractivity contribution in [2.75, 3.05) is 20.3 Å². The van der Waals surface area contributed by atoms with Crippen molar-refractivity contribution in [3.8, 4) is 11.5 Å². The molecule has 0 aromatic heterocycles. The summed E-state index contributed by atoms with van der Waals surface area (Å²) in [7, 11) is 1.64. The van der Waals surface area contributed by atoms with Crippen LogP contribution in [0, 0.1) is 0 Å². The summed E-state index contributed by atoms with van der Waals surface area (Å²) in [4.78, 5) is 0. The van der Waals surface area contributed by atoms with Crippen molar-refractivity contribution in [2.45, 2.75) is 26.3 Å². The van der Waals surface area contributed by atoms with Gasteiger partial charge in [0.2, 0.25) is 0 Å². The fraction of sp³-hybridized carbons (Fsp3) is 0.538. The maximum atomic E-state index is 9.45. The molecule has 1 N–H and O–H groups in total. The van der Waals surface area contributed by atoms with E-state index in [0.717, 1.165) is 17.9 Å². The van der Waals surface area contributed by atoms with E-state index in [4.69, 9.17) is 9.47 Å². The molecule has 0 unspecified atom stereocenters. The van der Waals surface area contributed by atoms with E-state index in [-0.39, 0.29) is 6.04 Å². The van der Waals surface area contributed by atoms with Gasteiger partial charge in [-0.1, -0.05) is 0 Å². The lowest BCUT2D eigenvalue weighted by molar-refractivity contribution is -0.118. The van der Waals surface area contributed by atoms with Crippen LogP contribution in [0.1, 0.15) is 20.3 Å². The van der Waals surface area contributed by atoms with E-state index in [1.165, 1.54) is 5.06 Å². The topological polar surface area (TPSA) is 41.9 Å². The van der Waals surface area contributed by atoms with Crippen LogP contribution in [-0.4, -0.2) is 36.6 Å². The number of methoxy groups -OCH3 is 1. The van der Waals surface area contributed by atoms with E-state index in [1.54, 1.807) is 7.11 Å². The van der Waals surface area contributed by atoms with Crippen molar-refractivity contribution < 1.29 is 14.7 Å². The van der Waals surface area contributed by atoms with Crippen molar-refractivity contribution in [1.29, 1.82) is 0 Å². The first-order chi connectivity index (χ1) is 8.13. The molecule has 1 aromatic carbocycles. The first-order valence-electron chi connectivity index (χ1n) is 5.86. The molecule has 0 saturated carbocycles. The third kappa shape index (κ3) is 5.06. The number of nitrogens with zero attached hydrogens (tertiary/aromatic N) is 1. The Balaban J connectivity index is 2.22. The van der Waals surface area contributed by atoms with E-state index in [1.807, 2.05) is 38.1 Å². The number of ether oxygens (including phenoxy) is 2. The predicted molar refractivity (Wildman–Crippen MR) is 66.7 cm³/mol. The number of rotatable bonds is 7. The van der Waals surface area contributed by atoms with Gasteiger partial charge in [-0.3, -0.25) is 0 Å². The molecule has 1 rings (SSSR count). The number of hydrogen-bond donors (Lipinski definition) is 1. The van der Waals surface area contributed by atoms with Crippen molar-refractivity contribution in [2.24, 2.45) is 0 Å². The lowest BCUT2D eigenvalue weighted by atomic mass is 10.3. The van der Waals surface area contributed by atoms with Gasteiger partial charge in [0.05, 0.1) is 13.7 Å². The van der Waals surface area contributed by atoms with Gasteiger partial charge in [-0.05, 0) is 44.5 Å². The fourth-order valence-electron chi connectivity index (χ4n) is 1.35. The van der Waals surface area contributed by atoms with Crippen LogP contribution in [0.15, 0.2) is 24.3 Å². The van der Waals surface area contributed by atoms with Crippen LogP contribution in [0.5, 0.6) is 11.5 Å². The third-order valence-electron chi connectivity index (χ3n) is 2.46. The van der Waals surface area contributed by atoms with Gasteiger partial charge in [0, 0.05) is 12.6 Å². The molecule has 17 heavy (non-hydrogen) atoms. The maximum absolute atomic E-state index is 9.45. The molecule has 0 fully saturated rings. The second-order valence-electron chi connectivity index (χ2n) is 4.13. The lowest BCUT2D eigenvalue weighted by Crippen LogP contribution is -2.28. The van der Waals surface area contributed by atoms with Gasteiger partial charge in [0.15, 0.2) is 0 Å². The third-order valence-corrected chi connectivity index (χ3v) is 2.46. The Labute approximate surface area is 103 Å². The van der Waals surface area contributed by atoms with E-state index in [2.05, 4.69) is 0 Å². The standard InChI is InChI=1S/C13H21NO3/c1-11(2)14(15)9-4-10-17-13-7-5-12(16-3)6-8-13/h5-8,11,15H,4,9-10H2,1-3H3. The number of hydroxylamine groups is 2. The summed E-state index contributed by atoms with van der Waals surface area (Å²) < 4.78 is 10.6. The van der Waals surface area contributed by atoms with Crippen LogP contribution in [-0.2, 0) is 0 Å². The van der Waals surface area contributed by atoms with Crippen molar-refractivity contribution in [1.82, 2.24) is 5.06 Å². The van der Waals surface area contributed by atoms with E-state index in [9.17, 15) is 5.21 Å². The lowest BCUT2D eigenvalue weighted by Gasteiger charge is -2.18. The second kappa shape index (κ2) is 7.14. The van der Waals surface area contributed by atoms with E-state index < -0.39 is 0 Å². The van der Waals surface area contributed by atoms with E-state index in [0.29, 0.717) is 13.2 Å². The predicted octanol–water partition coefficient (Wildman–Crippen LogP) is 2.56. The summed E-state index contributed by atoms with van der Waals surface area (Å²) in [6.07, 6.45) is 0.792. The maximum Gasteiger partial charge on any atom is 0.119 e. The smallest absolute Gasteiger partial charge is 0.119 e. The first-order valence-corrected chi connectivity index (χ1v) is 5.86. The fourth-order valence-corrected chi connectivity index (χ4v) is 1.35. The SMILES string of the molecule is COc1ccc(OCCCN(O)C(C)C)cc1. The quantitative estimate of drug-likeness (QED) is 0.586. The number of benzene rings is 1. The van der Waals surface area contributed by atoms with Gasteiger partial charge in [-0.15, -0.1) is 0 Å². The number of hydrogen-bond acceptors (Lipinski definition) is 4.